The van der Waals surface area contributed by atoms with E-state index in [9.17, 15) is 9.59 Å². The molecular formula is C16H21ClN4O3. The van der Waals surface area contributed by atoms with Crippen molar-refractivity contribution in [1.82, 2.24) is 20.4 Å². The van der Waals surface area contributed by atoms with Crippen molar-refractivity contribution in [2.45, 2.75) is 32.4 Å². The second kappa shape index (κ2) is 8.12. The third kappa shape index (κ3) is 3.85. The number of halogens is 1. The minimum absolute atomic E-state index is 0. The van der Waals surface area contributed by atoms with Crippen LogP contribution in [0.4, 0.5) is 0 Å². The molecule has 1 fully saturated rings. The summed E-state index contributed by atoms with van der Waals surface area (Å²) in [5.74, 6) is -0.364. The van der Waals surface area contributed by atoms with Crippen LogP contribution in [0.1, 0.15) is 40.4 Å². The van der Waals surface area contributed by atoms with Crippen LogP contribution < -0.4 is 16.2 Å². The number of nitrogens with one attached hydrogen (secondary N) is 2. The van der Waals surface area contributed by atoms with Crippen molar-refractivity contribution < 1.29 is 9.32 Å². The number of carbonyl (C=O) groups is 1. The molecule has 8 heteroatoms. The summed E-state index contributed by atoms with van der Waals surface area (Å²) in [7, 11) is 0. The summed E-state index contributed by atoms with van der Waals surface area (Å²) < 4.78 is 6.42. The molecule has 0 bridgehead atoms. The number of aromatic nitrogens is 2. The Bertz CT molecular complexity index is 736. The van der Waals surface area contributed by atoms with Gasteiger partial charge in [-0.1, -0.05) is 5.16 Å². The third-order valence-corrected chi connectivity index (χ3v) is 4.19. The minimum Gasteiger partial charge on any atom is -0.364 e. The molecule has 2 aromatic rings. The van der Waals surface area contributed by atoms with Crippen LogP contribution in [0.2, 0.25) is 0 Å². The second-order valence-corrected chi connectivity index (χ2v) is 5.78. The molecule has 0 aromatic carbocycles. The van der Waals surface area contributed by atoms with Crippen molar-refractivity contribution in [3.05, 3.63) is 51.8 Å². The molecule has 3 rings (SSSR count). The molecule has 2 aromatic heterocycles. The van der Waals surface area contributed by atoms with Gasteiger partial charge in [-0.2, -0.15) is 0 Å². The zero-order valence-electron chi connectivity index (χ0n) is 13.4. The zero-order valence-corrected chi connectivity index (χ0v) is 14.3. The van der Waals surface area contributed by atoms with Crippen molar-refractivity contribution in [3.63, 3.8) is 0 Å². The molecule has 0 atom stereocenters. The van der Waals surface area contributed by atoms with Crippen LogP contribution in [0.25, 0.3) is 0 Å². The molecule has 130 valence electrons. The monoisotopic (exact) mass is 352 g/mol. The van der Waals surface area contributed by atoms with Crippen LogP contribution in [0.3, 0.4) is 0 Å². The van der Waals surface area contributed by atoms with Gasteiger partial charge in [0.25, 0.3) is 11.5 Å². The lowest BCUT2D eigenvalue weighted by Gasteiger charge is -2.25. The van der Waals surface area contributed by atoms with Crippen LogP contribution >= 0.6 is 12.4 Å². The molecule has 3 heterocycles. The van der Waals surface area contributed by atoms with Crippen LogP contribution in [0.15, 0.2) is 34.0 Å². The molecule has 1 aliphatic heterocycles. The van der Waals surface area contributed by atoms with E-state index in [0.29, 0.717) is 5.56 Å². The van der Waals surface area contributed by atoms with Gasteiger partial charge in [-0.15, -0.1) is 12.4 Å². The molecule has 7 nitrogen and oxygen atoms in total. The van der Waals surface area contributed by atoms with E-state index in [4.69, 9.17) is 4.52 Å². The normalized spacial score (nSPS) is 14.9. The first-order chi connectivity index (χ1) is 11.2. The number of aryl methyl sites for hydroxylation is 1. The zero-order chi connectivity index (χ0) is 16.2. The highest BCUT2D eigenvalue weighted by Crippen LogP contribution is 2.17. The number of piperidine rings is 1. The van der Waals surface area contributed by atoms with E-state index in [1.54, 1.807) is 17.7 Å². The molecule has 0 radical (unpaired) electrons. The van der Waals surface area contributed by atoms with Gasteiger partial charge in [0.2, 0.25) is 0 Å². The highest BCUT2D eigenvalue weighted by atomic mass is 35.5. The fourth-order valence-corrected chi connectivity index (χ4v) is 2.87. The third-order valence-electron chi connectivity index (χ3n) is 4.19. The molecule has 1 amide bonds. The van der Waals surface area contributed by atoms with Crippen LogP contribution in [0.5, 0.6) is 0 Å². The standard InChI is InChI=1S/C16H20N4O3.ClH/c1-11-4-7-20(13-2-5-17-6-3-13)16(22)14(11)15(21)18-8-12-9-19-23-10-12;/h4,7,9-10,13,17H,2-3,5-6,8H2,1H3,(H,18,21);1H. The highest BCUT2D eigenvalue weighted by molar-refractivity contribution is 5.95. The molecule has 1 saturated heterocycles. The van der Waals surface area contributed by atoms with Gasteiger partial charge in [-0.3, -0.25) is 9.59 Å². The Morgan fingerprint density at radius 2 is 2.21 bits per heavy atom. The number of nitrogens with zero attached hydrogens (tertiary/aromatic N) is 2. The molecule has 1 aliphatic rings. The first kappa shape index (κ1) is 18.2. The first-order valence-corrected chi connectivity index (χ1v) is 7.75. The van der Waals surface area contributed by atoms with Gasteiger partial charge in [0, 0.05) is 24.3 Å². The number of hydrogen-bond acceptors (Lipinski definition) is 5. The Balaban J connectivity index is 0.00000208. The average molecular weight is 353 g/mol. The Labute approximate surface area is 145 Å². The summed E-state index contributed by atoms with van der Waals surface area (Å²) in [4.78, 5) is 25.2. The number of rotatable bonds is 4. The summed E-state index contributed by atoms with van der Waals surface area (Å²) in [5, 5.41) is 9.61. The fraction of sp³-hybridized carbons (Fsp3) is 0.438. The predicted molar refractivity (Wildman–Crippen MR) is 91.5 cm³/mol. The van der Waals surface area contributed by atoms with E-state index in [-0.39, 0.29) is 42.0 Å². The highest BCUT2D eigenvalue weighted by Gasteiger charge is 2.21. The molecular weight excluding hydrogens is 332 g/mol. The first-order valence-electron chi connectivity index (χ1n) is 7.75. The second-order valence-electron chi connectivity index (χ2n) is 5.78. The predicted octanol–water partition coefficient (Wildman–Crippen LogP) is 1.42. The van der Waals surface area contributed by atoms with E-state index in [2.05, 4.69) is 15.8 Å². The molecule has 0 aliphatic carbocycles. The van der Waals surface area contributed by atoms with Gasteiger partial charge in [0.1, 0.15) is 11.8 Å². The lowest BCUT2D eigenvalue weighted by atomic mass is 10.0. The minimum atomic E-state index is -0.364. The van der Waals surface area contributed by atoms with Gasteiger partial charge >= 0.3 is 0 Å². The number of amides is 1. The van der Waals surface area contributed by atoms with E-state index in [0.717, 1.165) is 31.5 Å². The Kier molecular flexibility index (Phi) is 6.16. The summed E-state index contributed by atoms with van der Waals surface area (Å²) >= 11 is 0. The van der Waals surface area contributed by atoms with Crippen LogP contribution in [-0.2, 0) is 6.54 Å². The number of pyridine rings is 1. The average Bonchev–Trinajstić information content (AvgIpc) is 3.07. The van der Waals surface area contributed by atoms with Crippen molar-refractivity contribution >= 4 is 18.3 Å². The Morgan fingerprint density at radius 1 is 1.46 bits per heavy atom. The summed E-state index contributed by atoms with van der Waals surface area (Å²) in [6.07, 6.45) is 6.58. The quantitative estimate of drug-likeness (QED) is 0.868. The maximum Gasteiger partial charge on any atom is 0.263 e. The smallest absolute Gasteiger partial charge is 0.263 e. The molecule has 0 spiro atoms. The van der Waals surface area contributed by atoms with Gasteiger partial charge in [-0.25, -0.2) is 0 Å². The van der Waals surface area contributed by atoms with E-state index >= 15 is 0 Å². The van der Waals surface area contributed by atoms with Crippen molar-refractivity contribution in [2.24, 2.45) is 0 Å². The summed E-state index contributed by atoms with van der Waals surface area (Å²) in [6.45, 7) is 3.84. The van der Waals surface area contributed by atoms with E-state index in [1.807, 2.05) is 6.07 Å². The molecule has 24 heavy (non-hydrogen) atoms. The number of carbonyl (C=O) groups excluding carboxylic acids is 1. The van der Waals surface area contributed by atoms with Crippen molar-refractivity contribution in [2.75, 3.05) is 13.1 Å². The summed E-state index contributed by atoms with van der Waals surface area (Å²) in [6, 6.07) is 1.98. The van der Waals surface area contributed by atoms with E-state index in [1.165, 1.54) is 12.5 Å². The maximum absolute atomic E-state index is 12.7. The van der Waals surface area contributed by atoms with Gasteiger partial charge in [0.05, 0.1) is 6.20 Å². The van der Waals surface area contributed by atoms with Crippen molar-refractivity contribution in [1.29, 1.82) is 0 Å². The van der Waals surface area contributed by atoms with Crippen molar-refractivity contribution in [3.8, 4) is 0 Å². The van der Waals surface area contributed by atoms with E-state index < -0.39 is 0 Å². The Morgan fingerprint density at radius 3 is 2.88 bits per heavy atom. The molecule has 0 unspecified atom stereocenters. The topological polar surface area (TPSA) is 89.2 Å². The van der Waals surface area contributed by atoms with Gasteiger partial charge < -0.3 is 19.7 Å². The maximum atomic E-state index is 12.7. The fourth-order valence-electron chi connectivity index (χ4n) is 2.87. The van der Waals surface area contributed by atoms with Gasteiger partial charge in [0.15, 0.2) is 0 Å². The van der Waals surface area contributed by atoms with Crippen LogP contribution in [0, 0.1) is 6.92 Å². The number of hydrogen-bond donors (Lipinski definition) is 2. The largest absolute Gasteiger partial charge is 0.364 e. The van der Waals surface area contributed by atoms with Crippen LogP contribution in [-0.4, -0.2) is 28.7 Å². The molecule has 0 saturated carbocycles. The SMILES string of the molecule is Cc1ccn(C2CCNCC2)c(=O)c1C(=O)NCc1cnoc1.Cl. The Hall–Kier alpha value is -2.12. The van der Waals surface area contributed by atoms with Gasteiger partial charge in [-0.05, 0) is 44.5 Å². The molecule has 2 N–H and O–H groups in total. The lowest BCUT2D eigenvalue weighted by Crippen LogP contribution is -2.38. The summed E-state index contributed by atoms with van der Waals surface area (Å²) in [5.41, 5.74) is 1.43. The lowest BCUT2D eigenvalue weighted by molar-refractivity contribution is 0.0947.